The third-order valence-corrected chi connectivity index (χ3v) is 5.59. The Labute approximate surface area is 142 Å². The van der Waals surface area contributed by atoms with E-state index in [1.54, 1.807) is 0 Å². The van der Waals surface area contributed by atoms with E-state index in [1.807, 2.05) is 23.9 Å². The molecule has 2 aromatic rings. The molecule has 1 aliphatic carbocycles. The highest BCUT2D eigenvalue weighted by Crippen LogP contribution is 2.40. The molecule has 4 rings (SSSR count). The summed E-state index contributed by atoms with van der Waals surface area (Å²) < 4.78 is 6.17. The van der Waals surface area contributed by atoms with E-state index in [0.717, 1.165) is 24.3 Å². The molecule has 0 bridgehead atoms. The number of hydrogen-bond acceptors (Lipinski definition) is 2. The summed E-state index contributed by atoms with van der Waals surface area (Å²) in [7, 11) is 0. The first kappa shape index (κ1) is 14.6. The van der Waals surface area contributed by atoms with E-state index < -0.39 is 0 Å². The van der Waals surface area contributed by atoms with Crippen molar-refractivity contribution in [3.8, 4) is 5.75 Å². The summed E-state index contributed by atoms with van der Waals surface area (Å²) in [4.78, 5) is 1.23. The van der Waals surface area contributed by atoms with E-state index in [9.17, 15) is 0 Å². The van der Waals surface area contributed by atoms with Crippen molar-refractivity contribution in [1.29, 1.82) is 0 Å². The van der Waals surface area contributed by atoms with Crippen LogP contribution in [0.3, 0.4) is 0 Å². The smallest absolute Gasteiger partial charge is 0.129 e. The highest BCUT2D eigenvalue weighted by Gasteiger charge is 2.26. The number of thioether (sulfide) groups is 1. The Morgan fingerprint density at radius 3 is 2.96 bits per heavy atom. The molecule has 1 radical (unpaired) electrons. The number of rotatable bonds is 4. The lowest BCUT2D eigenvalue weighted by Gasteiger charge is -2.17. The van der Waals surface area contributed by atoms with Crippen molar-refractivity contribution in [3.63, 3.8) is 0 Å². The monoisotopic (exact) mass is 319 g/mol. The molecule has 0 saturated heterocycles. The summed E-state index contributed by atoms with van der Waals surface area (Å²) in [6.45, 7) is 0. The van der Waals surface area contributed by atoms with E-state index in [4.69, 9.17) is 4.74 Å². The maximum atomic E-state index is 6.17. The SMILES string of the molecule is [c]1cccc(C2Cc3ccccc3O2)c1SCC1C=CC=CC1. The fourth-order valence-corrected chi connectivity index (χ4v) is 4.26. The number of ether oxygens (including phenoxy) is 1. The fourth-order valence-electron chi connectivity index (χ4n) is 3.11. The topological polar surface area (TPSA) is 9.23 Å². The Balaban J connectivity index is 1.49. The molecule has 2 heteroatoms. The molecule has 1 heterocycles. The quantitative estimate of drug-likeness (QED) is 0.699. The van der Waals surface area contributed by atoms with Gasteiger partial charge < -0.3 is 4.74 Å². The van der Waals surface area contributed by atoms with Crippen LogP contribution >= 0.6 is 11.8 Å². The van der Waals surface area contributed by atoms with Crippen LogP contribution in [0.5, 0.6) is 5.75 Å². The predicted octanol–water partition coefficient (Wildman–Crippen LogP) is 5.39. The van der Waals surface area contributed by atoms with Crippen molar-refractivity contribution in [2.24, 2.45) is 5.92 Å². The Morgan fingerprint density at radius 2 is 2.09 bits per heavy atom. The lowest BCUT2D eigenvalue weighted by Crippen LogP contribution is -2.06. The summed E-state index contributed by atoms with van der Waals surface area (Å²) in [5.41, 5.74) is 2.57. The van der Waals surface area contributed by atoms with E-state index in [2.05, 4.69) is 60.7 Å². The molecule has 0 fully saturated rings. The van der Waals surface area contributed by atoms with Crippen LogP contribution in [0.2, 0.25) is 0 Å². The average Bonchev–Trinajstić information content (AvgIpc) is 3.05. The molecule has 2 aromatic carbocycles. The molecule has 0 N–H and O–H groups in total. The van der Waals surface area contributed by atoms with Crippen LogP contribution in [-0.4, -0.2) is 5.75 Å². The molecule has 2 atom stereocenters. The zero-order chi connectivity index (χ0) is 15.5. The van der Waals surface area contributed by atoms with Gasteiger partial charge in [0.05, 0.1) is 0 Å². The Kier molecular flexibility index (Phi) is 4.25. The van der Waals surface area contributed by atoms with Crippen LogP contribution in [-0.2, 0) is 6.42 Å². The van der Waals surface area contributed by atoms with Crippen molar-refractivity contribution in [2.45, 2.75) is 23.8 Å². The van der Waals surface area contributed by atoms with Crippen LogP contribution in [0.1, 0.15) is 23.7 Å². The average molecular weight is 319 g/mol. The second-order valence-electron chi connectivity index (χ2n) is 5.99. The summed E-state index contributed by atoms with van der Waals surface area (Å²) >= 11 is 1.90. The molecule has 0 saturated carbocycles. The molecule has 0 amide bonds. The molecule has 0 spiro atoms. The lowest BCUT2D eigenvalue weighted by atomic mass is 10.0. The highest BCUT2D eigenvalue weighted by atomic mass is 32.2. The van der Waals surface area contributed by atoms with Crippen molar-refractivity contribution in [3.05, 3.63) is 84.0 Å². The molecular formula is C21H19OS. The second-order valence-corrected chi connectivity index (χ2v) is 7.02. The number of para-hydroxylation sites is 1. The summed E-state index contributed by atoms with van der Waals surface area (Å²) in [6, 6.07) is 18.0. The maximum Gasteiger partial charge on any atom is 0.129 e. The van der Waals surface area contributed by atoms with Crippen LogP contribution < -0.4 is 4.74 Å². The first-order valence-corrected chi connectivity index (χ1v) is 9.10. The van der Waals surface area contributed by atoms with Crippen LogP contribution in [0.4, 0.5) is 0 Å². The van der Waals surface area contributed by atoms with Crippen molar-refractivity contribution < 1.29 is 4.74 Å². The first-order chi connectivity index (χ1) is 11.4. The number of benzene rings is 2. The Hall–Kier alpha value is -1.93. The number of hydrogen-bond donors (Lipinski definition) is 0. The normalized spacial score (nSPS) is 21.9. The number of allylic oxidation sites excluding steroid dienone is 4. The molecule has 115 valence electrons. The van der Waals surface area contributed by atoms with Crippen molar-refractivity contribution in [1.82, 2.24) is 0 Å². The maximum absolute atomic E-state index is 6.17. The minimum Gasteiger partial charge on any atom is -0.485 e. The first-order valence-electron chi connectivity index (χ1n) is 8.11. The molecule has 2 aliphatic rings. The van der Waals surface area contributed by atoms with Gasteiger partial charge in [-0.1, -0.05) is 60.7 Å². The highest BCUT2D eigenvalue weighted by molar-refractivity contribution is 7.99. The fraction of sp³-hybridized carbons (Fsp3) is 0.238. The predicted molar refractivity (Wildman–Crippen MR) is 95.9 cm³/mol. The van der Waals surface area contributed by atoms with Gasteiger partial charge in [0.1, 0.15) is 11.9 Å². The molecule has 2 unspecified atom stereocenters. The molecule has 1 nitrogen and oxygen atoms in total. The Bertz CT molecular complexity index is 722. The number of fused-ring (bicyclic) bond motifs is 1. The lowest BCUT2D eigenvalue weighted by molar-refractivity contribution is 0.235. The van der Waals surface area contributed by atoms with Gasteiger partial charge in [0.15, 0.2) is 0 Å². The van der Waals surface area contributed by atoms with E-state index in [0.29, 0.717) is 5.92 Å². The van der Waals surface area contributed by atoms with Gasteiger partial charge in [-0.3, -0.25) is 0 Å². The van der Waals surface area contributed by atoms with Gasteiger partial charge in [-0.2, -0.15) is 0 Å². The van der Waals surface area contributed by atoms with Gasteiger partial charge >= 0.3 is 0 Å². The second kappa shape index (κ2) is 6.67. The van der Waals surface area contributed by atoms with E-state index in [-0.39, 0.29) is 6.10 Å². The van der Waals surface area contributed by atoms with Gasteiger partial charge in [-0.15, -0.1) is 11.8 Å². The minimum atomic E-state index is 0.120. The molecular weight excluding hydrogens is 300 g/mol. The van der Waals surface area contributed by atoms with Gasteiger partial charge in [-0.25, -0.2) is 0 Å². The summed E-state index contributed by atoms with van der Waals surface area (Å²) in [6.07, 6.45) is 11.0. The van der Waals surface area contributed by atoms with Crippen molar-refractivity contribution >= 4 is 11.8 Å². The zero-order valence-corrected chi connectivity index (χ0v) is 13.8. The van der Waals surface area contributed by atoms with Crippen LogP contribution in [0.15, 0.2) is 71.7 Å². The standard InChI is InChI=1S/C21H19OS/c1-2-8-16(9-3-1)15-23-21-13-7-5-11-18(21)20-14-17-10-4-6-12-19(17)22-20/h1-8,10-12,16,20H,9,14-15H2. The van der Waals surface area contributed by atoms with Gasteiger partial charge in [0.25, 0.3) is 0 Å². The third-order valence-electron chi connectivity index (χ3n) is 4.35. The largest absolute Gasteiger partial charge is 0.485 e. The zero-order valence-electron chi connectivity index (χ0n) is 12.9. The van der Waals surface area contributed by atoms with Gasteiger partial charge in [-0.05, 0) is 30.0 Å². The molecule has 0 aromatic heterocycles. The molecule has 23 heavy (non-hydrogen) atoms. The van der Waals surface area contributed by atoms with Gasteiger partial charge in [0.2, 0.25) is 0 Å². The third kappa shape index (κ3) is 3.23. The van der Waals surface area contributed by atoms with Gasteiger partial charge in [0, 0.05) is 22.6 Å². The minimum absolute atomic E-state index is 0.120. The Morgan fingerprint density at radius 1 is 1.13 bits per heavy atom. The van der Waals surface area contributed by atoms with E-state index >= 15 is 0 Å². The summed E-state index contributed by atoms with van der Waals surface area (Å²) in [5.74, 6) is 2.74. The van der Waals surface area contributed by atoms with Crippen LogP contribution in [0, 0.1) is 12.0 Å². The van der Waals surface area contributed by atoms with Crippen molar-refractivity contribution in [2.75, 3.05) is 5.75 Å². The molecule has 1 aliphatic heterocycles. The summed E-state index contributed by atoms with van der Waals surface area (Å²) in [5, 5.41) is 0. The van der Waals surface area contributed by atoms with E-state index in [1.165, 1.54) is 16.0 Å². The van der Waals surface area contributed by atoms with Crippen LogP contribution in [0.25, 0.3) is 0 Å².